The number of amides is 2. The number of aromatic amines is 1. The molecule has 2 aliphatic rings. The van der Waals surface area contributed by atoms with Crippen molar-refractivity contribution in [3.8, 4) is 11.4 Å². The summed E-state index contributed by atoms with van der Waals surface area (Å²) < 4.78 is 1.74. The molecule has 1 saturated carbocycles. The topological polar surface area (TPSA) is 135 Å². The molecular formula is C25H27ClN8O2. The van der Waals surface area contributed by atoms with Crippen LogP contribution in [-0.2, 0) is 11.8 Å². The standard InChI is InChI=1S/C25H27ClN8O2/c1-33-19-10-14(26)4-5-16(19)21(32-33)18-12-29-23-22(30-18)17(11-28-23)24(35)31-20(13-2-3-13)25(36)34-8-6-15(27)7-9-34/h4-5,10-13,15,20H,2-3,6-9,27H2,1H3,(H,28,29)(H,31,35)/t20-/m1/s1. The molecule has 1 aliphatic heterocycles. The lowest BCUT2D eigenvalue weighted by atomic mass is 10.0. The average Bonchev–Trinajstić information content (AvgIpc) is 3.55. The van der Waals surface area contributed by atoms with Crippen molar-refractivity contribution in [2.75, 3.05) is 13.1 Å². The lowest BCUT2D eigenvalue weighted by Crippen LogP contribution is -2.53. The maximum atomic E-state index is 13.4. The third-order valence-corrected chi connectivity index (χ3v) is 7.41. The first-order chi connectivity index (χ1) is 17.4. The molecule has 0 spiro atoms. The van der Waals surface area contributed by atoms with Crippen LogP contribution in [0.5, 0.6) is 0 Å². The van der Waals surface area contributed by atoms with Gasteiger partial charge in [-0.2, -0.15) is 5.10 Å². The van der Waals surface area contributed by atoms with Crippen LogP contribution >= 0.6 is 11.6 Å². The van der Waals surface area contributed by atoms with Gasteiger partial charge in [-0.05, 0) is 49.8 Å². The van der Waals surface area contributed by atoms with Gasteiger partial charge in [0.1, 0.15) is 22.9 Å². The Bertz CT molecular complexity index is 1480. The van der Waals surface area contributed by atoms with E-state index in [9.17, 15) is 9.59 Å². The van der Waals surface area contributed by atoms with Gasteiger partial charge in [-0.1, -0.05) is 11.6 Å². The predicted octanol–water partition coefficient (Wildman–Crippen LogP) is 2.62. The number of halogens is 1. The van der Waals surface area contributed by atoms with Crippen molar-refractivity contribution in [1.82, 2.24) is 34.9 Å². The van der Waals surface area contributed by atoms with Gasteiger partial charge in [-0.15, -0.1) is 0 Å². The van der Waals surface area contributed by atoms with Crippen LogP contribution in [0.25, 0.3) is 33.5 Å². The molecule has 11 heteroatoms. The fraction of sp³-hybridized carbons (Fsp3) is 0.400. The van der Waals surface area contributed by atoms with Crippen molar-refractivity contribution in [2.45, 2.75) is 37.8 Å². The number of hydrogen-bond donors (Lipinski definition) is 3. The number of aryl methyl sites for hydroxylation is 1. The Kier molecular flexibility index (Phi) is 5.65. The molecule has 1 saturated heterocycles. The SMILES string of the molecule is Cn1nc(-c2cnc3[nH]cc(C(=O)N[C@@H](C(=O)N4CCC(N)CC4)C4CC4)c3n2)c2ccc(Cl)cc21. The zero-order chi connectivity index (χ0) is 25.0. The smallest absolute Gasteiger partial charge is 0.255 e. The minimum absolute atomic E-state index is 0.0250. The maximum Gasteiger partial charge on any atom is 0.255 e. The number of piperidine rings is 1. The summed E-state index contributed by atoms with van der Waals surface area (Å²) in [6.07, 6.45) is 6.65. The molecule has 186 valence electrons. The average molecular weight is 507 g/mol. The van der Waals surface area contributed by atoms with E-state index >= 15 is 0 Å². The highest BCUT2D eigenvalue weighted by Crippen LogP contribution is 2.34. The summed E-state index contributed by atoms with van der Waals surface area (Å²) in [4.78, 5) is 40.7. The number of carbonyl (C=O) groups is 2. The van der Waals surface area contributed by atoms with Gasteiger partial charge in [-0.3, -0.25) is 14.3 Å². The van der Waals surface area contributed by atoms with Gasteiger partial charge >= 0.3 is 0 Å². The maximum absolute atomic E-state index is 13.4. The number of nitrogens with zero attached hydrogens (tertiary/aromatic N) is 5. The van der Waals surface area contributed by atoms with Gasteiger partial charge in [0.05, 0.1) is 17.3 Å². The second-order valence-electron chi connectivity index (χ2n) is 9.74. The number of H-pyrrole nitrogens is 1. The molecule has 36 heavy (non-hydrogen) atoms. The van der Waals surface area contributed by atoms with E-state index in [1.807, 2.05) is 24.1 Å². The Morgan fingerprint density at radius 2 is 2.00 bits per heavy atom. The van der Waals surface area contributed by atoms with Crippen LogP contribution in [0.1, 0.15) is 36.0 Å². The number of benzene rings is 1. The third kappa shape index (κ3) is 4.10. The zero-order valence-corrected chi connectivity index (χ0v) is 20.6. The molecule has 4 N–H and O–H groups in total. The summed E-state index contributed by atoms with van der Waals surface area (Å²) in [6.45, 7) is 1.26. The van der Waals surface area contributed by atoms with Crippen molar-refractivity contribution < 1.29 is 9.59 Å². The first-order valence-electron chi connectivity index (χ1n) is 12.2. The summed E-state index contributed by atoms with van der Waals surface area (Å²) in [7, 11) is 1.84. The Labute approximate surface area is 212 Å². The number of nitrogens with two attached hydrogens (primary N) is 1. The van der Waals surface area contributed by atoms with Crippen molar-refractivity contribution >= 4 is 45.5 Å². The Morgan fingerprint density at radius 1 is 1.22 bits per heavy atom. The van der Waals surface area contributed by atoms with Gasteiger partial charge in [0, 0.05) is 42.8 Å². The number of rotatable bonds is 5. The van der Waals surface area contributed by atoms with Crippen molar-refractivity contribution in [2.24, 2.45) is 18.7 Å². The highest BCUT2D eigenvalue weighted by Gasteiger charge is 2.40. The number of nitrogens with one attached hydrogen (secondary N) is 2. The fourth-order valence-electron chi connectivity index (χ4n) is 4.94. The number of fused-ring (bicyclic) bond motifs is 2. The molecule has 0 radical (unpaired) electrons. The quantitative estimate of drug-likeness (QED) is 0.381. The summed E-state index contributed by atoms with van der Waals surface area (Å²) in [5.74, 6) is -0.206. The van der Waals surface area contributed by atoms with Gasteiger partial charge in [-0.25, -0.2) is 9.97 Å². The highest BCUT2D eigenvalue weighted by molar-refractivity contribution is 6.31. The molecule has 6 rings (SSSR count). The van der Waals surface area contributed by atoms with Crippen LogP contribution < -0.4 is 11.1 Å². The first kappa shape index (κ1) is 22.9. The second kappa shape index (κ2) is 8.86. The fourth-order valence-corrected chi connectivity index (χ4v) is 5.11. The molecule has 3 aromatic heterocycles. The van der Waals surface area contributed by atoms with E-state index in [2.05, 4.69) is 20.4 Å². The lowest BCUT2D eigenvalue weighted by molar-refractivity contribution is -0.134. The minimum Gasteiger partial charge on any atom is -0.344 e. The number of likely N-dealkylation sites (tertiary alicyclic amines) is 1. The normalized spacial score (nSPS) is 17.6. The summed E-state index contributed by atoms with van der Waals surface area (Å²) in [5, 5.41) is 9.12. The molecule has 10 nitrogen and oxygen atoms in total. The van der Waals surface area contributed by atoms with Crippen LogP contribution in [0.15, 0.2) is 30.6 Å². The van der Waals surface area contributed by atoms with Crippen LogP contribution in [0, 0.1) is 5.92 Å². The van der Waals surface area contributed by atoms with Crippen LogP contribution in [0.4, 0.5) is 0 Å². The predicted molar refractivity (Wildman–Crippen MR) is 136 cm³/mol. The van der Waals surface area contributed by atoms with E-state index < -0.39 is 6.04 Å². The van der Waals surface area contributed by atoms with Crippen molar-refractivity contribution in [3.63, 3.8) is 0 Å². The largest absolute Gasteiger partial charge is 0.344 e. The van der Waals surface area contributed by atoms with Gasteiger partial charge in [0.25, 0.3) is 5.91 Å². The van der Waals surface area contributed by atoms with Gasteiger partial charge in [0.15, 0.2) is 5.65 Å². The molecule has 1 atom stereocenters. The summed E-state index contributed by atoms with van der Waals surface area (Å²) >= 11 is 6.16. The first-order valence-corrected chi connectivity index (χ1v) is 12.6. The second-order valence-corrected chi connectivity index (χ2v) is 10.2. The van der Waals surface area contributed by atoms with Crippen molar-refractivity contribution in [1.29, 1.82) is 0 Å². The number of aromatic nitrogens is 5. The van der Waals surface area contributed by atoms with Crippen LogP contribution in [0.3, 0.4) is 0 Å². The van der Waals surface area contributed by atoms with E-state index in [1.54, 1.807) is 23.1 Å². The molecule has 0 unspecified atom stereocenters. The molecular weight excluding hydrogens is 480 g/mol. The molecule has 0 bridgehead atoms. The third-order valence-electron chi connectivity index (χ3n) is 7.18. The molecule has 4 heterocycles. The molecule has 1 aromatic carbocycles. The van der Waals surface area contributed by atoms with E-state index in [1.165, 1.54) is 0 Å². The Hall–Kier alpha value is -3.50. The molecule has 2 fully saturated rings. The highest BCUT2D eigenvalue weighted by atomic mass is 35.5. The van der Waals surface area contributed by atoms with Gasteiger partial charge < -0.3 is 20.9 Å². The summed E-state index contributed by atoms with van der Waals surface area (Å²) in [5.41, 5.74) is 9.34. The molecule has 2 amide bonds. The number of hydrogen-bond acceptors (Lipinski definition) is 6. The van der Waals surface area contributed by atoms with E-state index in [0.29, 0.717) is 46.2 Å². The van der Waals surface area contributed by atoms with E-state index in [4.69, 9.17) is 22.3 Å². The molecule has 1 aliphatic carbocycles. The minimum atomic E-state index is -0.544. The van der Waals surface area contributed by atoms with Crippen LogP contribution in [0.2, 0.25) is 5.02 Å². The Balaban J connectivity index is 1.30. The van der Waals surface area contributed by atoms with E-state index in [-0.39, 0.29) is 23.8 Å². The van der Waals surface area contributed by atoms with Crippen LogP contribution in [-0.4, -0.2) is 66.6 Å². The molecule has 4 aromatic rings. The Morgan fingerprint density at radius 3 is 2.75 bits per heavy atom. The number of carbonyl (C=O) groups excluding carboxylic acids is 2. The monoisotopic (exact) mass is 506 g/mol. The lowest BCUT2D eigenvalue weighted by Gasteiger charge is -2.33. The zero-order valence-electron chi connectivity index (χ0n) is 19.9. The van der Waals surface area contributed by atoms with Crippen molar-refractivity contribution in [3.05, 3.63) is 41.2 Å². The van der Waals surface area contributed by atoms with E-state index in [0.717, 1.165) is 36.6 Å². The van der Waals surface area contributed by atoms with Gasteiger partial charge in [0.2, 0.25) is 5.91 Å². The summed E-state index contributed by atoms with van der Waals surface area (Å²) in [6, 6.07) is 5.14.